The van der Waals surface area contributed by atoms with Gasteiger partial charge in [0, 0.05) is 17.8 Å². The monoisotopic (exact) mass is 301 g/mol. The van der Waals surface area contributed by atoms with Crippen LogP contribution in [0.25, 0.3) is 0 Å². The van der Waals surface area contributed by atoms with Crippen molar-refractivity contribution in [2.24, 2.45) is 0 Å². The quantitative estimate of drug-likeness (QED) is 0.744. The van der Waals surface area contributed by atoms with E-state index in [0.29, 0.717) is 10.0 Å². The number of carbonyl (C=O) groups excluding carboxylic acids is 1. The number of rotatable bonds is 4. The highest BCUT2D eigenvalue weighted by Gasteiger charge is 2.14. The second-order valence-corrected chi connectivity index (χ2v) is 4.35. The fourth-order valence-electron chi connectivity index (χ4n) is 1.40. The standard InChI is InChI=1S/C11H12BrNO4/c1-6(14)13-11-7(2-5-10(16)17)8(12)3-4-9(11)15/h3-4,15H,2,5H2,1H3,(H,13,14)(H,16,17). The summed E-state index contributed by atoms with van der Waals surface area (Å²) in [4.78, 5) is 21.6. The number of phenols is 1. The zero-order valence-corrected chi connectivity index (χ0v) is 10.7. The summed E-state index contributed by atoms with van der Waals surface area (Å²) in [5, 5.41) is 20.8. The molecule has 0 unspecified atom stereocenters. The predicted molar refractivity (Wildman–Crippen MR) is 66.1 cm³/mol. The largest absolute Gasteiger partial charge is 0.506 e. The van der Waals surface area contributed by atoms with Crippen LogP contribution in [0.3, 0.4) is 0 Å². The molecule has 0 aliphatic carbocycles. The number of carbonyl (C=O) groups is 2. The van der Waals surface area contributed by atoms with Gasteiger partial charge in [-0.1, -0.05) is 15.9 Å². The van der Waals surface area contributed by atoms with Gasteiger partial charge < -0.3 is 15.5 Å². The zero-order chi connectivity index (χ0) is 13.0. The molecule has 0 aromatic heterocycles. The SMILES string of the molecule is CC(=O)Nc1c(O)ccc(Br)c1CCC(=O)O. The van der Waals surface area contributed by atoms with Crippen LogP contribution in [0.4, 0.5) is 5.69 Å². The van der Waals surface area contributed by atoms with Crippen molar-refractivity contribution in [2.45, 2.75) is 19.8 Å². The van der Waals surface area contributed by atoms with Crippen molar-refractivity contribution < 1.29 is 19.8 Å². The van der Waals surface area contributed by atoms with E-state index in [1.807, 2.05) is 0 Å². The minimum atomic E-state index is -0.936. The van der Waals surface area contributed by atoms with Gasteiger partial charge in [-0.15, -0.1) is 0 Å². The summed E-state index contributed by atoms with van der Waals surface area (Å²) >= 11 is 3.27. The van der Waals surface area contributed by atoms with Crippen LogP contribution >= 0.6 is 15.9 Å². The number of amides is 1. The highest BCUT2D eigenvalue weighted by atomic mass is 79.9. The first kappa shape index (κ1) is 13.5. The minimum absolute atomic E-state index is 0.0748. The smallest absolute Gasteiger partial charge is 0.303 e. The van der Waals surface area contributed by atoms with E-state index in [4.69, 9.17) is 5.11 Å². The molecule has 0 atom stereocenters. The lowest BCUT2D eigenvalue weighted by Gasteiger charge is -2.13. The van der Waals surface area contributed by atoms with Crippen LogP contribution in [0.1, 0.15) is 18.9 Å². The van der Waals surface area contributed by atoms with Crippen LogP contribution < -0.4 is 5.32 Å². The molecule has 0 fully saturated rings. The molecule has 1 aromatic rings. The summed E-state index contributed by atoms with van der Waals surface area (Å²) in [5.41, 5.74) is 0.829. The average Bonchev–Trinajstić information content (AvgIpc) is 2.22. The second kappa shape index (κ2) is 5.67. The summed E-state index contributed by atoms with van der Waals surface area (Å²) in [7, 11) is 0. The van der Waals surface area contributed by atoms with Crippen molar-refractivity contribution >= 4 is 33.5 Å². The highest BCUT2D eigenvalue weighted by molar-refractivity contribution is 9.10. The Labute approximate surface area is 107 Å². The van der Waals surface area contributed by atoms with Crippen LogP contribution in [0.5, 0.6) is 5.75 Å². The van der Waals surface area contributed by atoms with Crippen LogP contribution in [-0.2, 0) is 16.0 Å². The number of anilines is 1. The molecule has 0 saturated carbocycles. The Morgan fingerprint density at radius 3 is 2.59 bits per heavy atom. The topological polar surface area (TPSA) is 86.6 Å². The number of aliphatic carboxylic acids is 1. The van der Waals surface area contributed by atoms with E-state index in [1.165, 1.54) is 13.0 Å². The Hall–Kier alpha value is -1.56. The molecule has 92 valence electrons. The van der Waals surface area contributed by atoms with E-state index < -0.39 is 5.97 Å². The molecule has 0 aliphatic heterocycles. The van der Waals surface area contributed by atoms with Gasteiger partial charge in [0.05, 0.1) is 5.69 Å². The summed E-state index contributed by atoms with van der Waals surface area (Å²) < 4.78 is 0.653. The van der Waals surface area contributed by atoms with E-state index in [9.17, 15) is 14.7 Å². The lowest BCUT2D eigenvalue weighted by atomic mass is 10.1. The third-order valence-corrected chi connectivity index (χ3v) is 2.87. The molecule has 1 aromatic carbocycles. The minimum Gasteiger partial charge on any atom is -0.506 e. The van der Waals surface area contributed by atoms with Gasteiger partial charge in [-0.05, 0) is 24.1 Å². The van der Waals surface area contributed by atoms with Gasteiger partial charge in [0.25, 0.3) is 0 Å². The van der Waals surface area contributed by atoms with Gasteiger partial charge in [0.2, 0.25) is 5.91 Å². The number of halogens is 1. The van der Waals surface area contributed by atoms with Gasteiger partial charge in [-0.2, -0.15) is 0 Å². The maximum absolute atomic E-state index is 11.0. The van der Waals surface area contributed by atoms with Crippen LogP contribution in [0.2, 0.25) is 0 Å². The van der Waals surface area contributed by atoms with Crippen LogP contribution in [0.15, 0.2) is 16.6 Å². The number of hydrogen-bond acceptors (Lipinski definition) is 3. The summed E-state index contributed by atoms with van der Waals surface area (Å²) in [6, 6.07) is 3.04. The van der Waals surface area contributed by atoms with E-state index in [1.54, 1.807) is 6.07 Å². The molecular formula is C11H12BrNO4. The summed E-state index contributed by atoms with van der Waals surface area (Å²) in [5.74, 6) is -1.34. The molecule has 3 N–H and O–H groups in total. The predicted octanol–water partition coefficient (Wildman–Crippen LogP) is 2.13. The number of benzene rings is 1. The average molecular weight is 302 g/mol. The number of carboxylic acids is 1. The molecule has 0 heterocycles. The molecule has 6 heteroatoms. The van der Waals surface area contributed by atoms with Crippen LogP contribution in [0, 0.1) is 0 Å². The van der Waals surface area contributed by atoms with E-state index in [2.05, 4.69) is 21.2 Å². The molecule has 17 heavy (non-hydrogen) atoms. The van der Waals surface area contributed by atoms with Crippen molar-refractivity contribution in [3.63, 3.8) is 0 Å². The number of carboxylic acid groups (broad SMARTS) is 1. The van der Waals surface area contributed by atoms with E-state index in [0.717, 1.165) is 0 Å². The lowest BCUT2D eigenvalue weighted by Crippen LogP contribution is -2.10. The molecule has 0 saturated heterocycles. The van der Waals surface area contributed by atoms with Gasteiger partial charge in [-0.3, -0.25) is 9.59 Å². The third-order valence-electron chi connectivity index (χ3n) is 2.12. The molecular weight excluding hydrogens is 290 g/mol. The van der Waals surface area contributed by atoms with Crippen molar-refractivity contribution in [1.82, 2.24) is 0 Å². The molecule has 0 spiro atoms. The summed E-state index contributed by atoms with van der Waals surface area (Å²) in [6.07, 6.45) is 0.147. The van der Waals surface area contributed by atoms with Crippen molar-refractivity contribution in [3.8, 4) is 5.75 Å². The van der Waals surface area contributed by atoms with Gasteiger partial charge in [0.1, 0.15) is 5.75 Å². The molecule has 5 nitrogen and oxygen atoms in total. The molecule has 1 rings (SSSR count). The maximum atomic E-state index is 11.0. The normalized spacial score (nSPS) is 10.0. The number of nitrogens with one attached hydrogen (secondary N) is 1. The Bertz CT molecular complexity index is 459. The first-order valence-electron chi connectivity index (χ1n) is 4.91. The first-order chi connectivity index (χ1) is 7.91. The number of phenolic OH excluding ortho intramolecular Hbond substituents is 1. The molecule has 0 bridgehead atoms. The van der Waals surface area contributed by atoms with Gasteiger partial charge >= 0.3 is 5.97 Å². The van der Waals surface area contributed by atoms with Gasteiger partial charge in [-0.25, -0.2) is 0 Å². The number of aromatic hydroxyl groups is 1. The fourth-order valence-corrected chi connectivity index (χ4v) is 1.93. The van der Waals surface area contributed by atoms with Crippen molar-refractivity contribution in [3.05, 3.63) is 22.2 Å². The van der Waals surface area contributed by atoms with Crippen LogP contribution in [-0.4, -0.2) is 22.1 Å². The Balaban J connectivity index is 3.10. The fraction of sp³-hybridized carbons (Fsp3) is 0.273. The zero-order valence-electron chi connectivity index (χ0n) is 9.16. The highest BCUT2D eigenvalue weighted by Crippen LogP contribution is 2.34. The number of hydrogen-bond donors (Lipinski definition) is 3. The second-order valence-electron chi connectivity index (χ2n) is 3.49. The van der Waals surface area contributed by atoms with Crippen molar-refractivity contribution in [1.29, 1.82) is 0 Å². The summed E-state index contributed by atoms with van der Waals surface area (Å²) in [6.45, 7) is 1.32. The maximum Gasteiger partial charge on any atom is 0.303 e. The third kappa shape index (κ3) is 3.74. The van der Waals surface area contributed by atoms with Crippen molar-refractivity contribution in [2.75, 3.05) is 5.32 Å². The molecule has 0 aliphatic rings. The Kier molecular flexibility index (Phi) is 4.51. The molecule has 0 radical (unpaired) electrons. The molecule has 1 amide bonds. The van der Waals surface area contributed by atoms with E-state index in [-0.39, 0.29) is 30.2 Å². The lowest BCUT2D eigenvalue weighted by molar-refractivity contribution is -0.136. The van der Waals surface area contributed by atoms with E-state index >= 15 is 0 Å². The Morgan fingerprint density at radius 1 is 1.41 bits per heavy atom. The Morgan fingerprint density at radius 2 is 2.06 bits per heavy atom. The first-order valence-corrected chi connectivity index (χ1v) is 5.71. The van der Waals surface area contributed by atoms with Gasteiger partial charge in [0.15, 0.2) is 0 Å².